The van der Waals surface area contributed by atoms with Crippen LogP contribution in [0.3, 0.4) is 0 Å². The number of hydrogen-bond donors (Lipinski definition) is 1. The average Bonchev–Trinajstić information content (AvgIpc) is 2.45. The first kappa shape index (κ1) is 15.8. The van der Waals surface area contributed by atoms with Gasteiger partial charge in [-0.3, -0.25) is 4.79 Å². The number of amides is 1. The van der Waals surface area contributed by atoms with Gasteiger partial charge in [0, 0.05) is 22.2 Å². The Labute approximate surface area is 132 Å². The lowest BCUT2D eigenvalue weighted by Gasteiger charge is -2.07. The predicted molar refractivity (Wildman–Crippen MR) is 83.3 cm³/mol. The van der Waals surface area contributed by atoms with E-state index in [2.05, 4.69) is 5.32 Å². The molecular formula is C16H14Cl2FNO. The minimum absolute atomic E-state index is 0.0634. The Morgan fingerprint density at radius 1 is 1.10 bits per heavy atom. The van der Waals surface area contributed by atoms with Crippen LogP contribution in [-0.2, 0) is 17.6 Å². The van der Waals surface area contributed by atoms with E-state index < -0.39 is 5.82 Å². The second kappa shape index (κ2) is 7.43. The topological polar surface area (TPSA) is 29.1 Å². The molecule has 0 aliphatic rings. The molecule has 0 saturated carbocycles. The van der Waals surface area contributed by atoms with E-state index in [1.807, 2.05) is 12.1 Å². The fraction of sp³-hybridized carbons (Fsp3) is 0.188. The molecule has 2 rings (SSSR count). The molecule has 1 N–H and O–H groups in total. The highest BCUT2D eigenvalue weighted by atomic mass is 35.5. The minimum Gasteiger partial charge on any atom is -0.355 e. The van der Waals surface area contributed by atoms with Crippen molar-refractivity contribution in [3.8, 4) is 0 Å². The Bertz CT molecular complexity index is 608. The van der Waals surface area contributed by atoms with Crippen LogP contribution in [0.2, 0.25) is 10.0 Å². The van der Waals surface area contributed by atoms with Crippen LogP contribution in [0.15, 0.2) is 42.5 Å². The first-order chi connectivity index (χ1) is 10.1. The summed E-state index contributed by atoms with van der Waals surface area (Å²) in [4.78, 5) is 11.8. The largest absolute Gasteiger partial charge is 0.355 e. The summed E-state index contributed by atoms with van der Waals surface area (Å²) in [7, 11) is 0. The molecule has 110 valence electrons. The van der Waals surface area contributed by atoms with Gasteiger partial charge in [0.25, 0.3) is 0 Å². The van der Waals surface area contributed by atoms with Gasteiger partial charge in [-0.15, -0.1) is 0 Å². The second-order valence-electron chi connectivity index (χ2n) is 4.60. The molecule has 0 unspecified atom stereocenters. The monoisotopic (exact) mass is 325 g/mol. The molecule has 0 spiro atoms. The van der Waals surface area contributed by atoms with Crippen molar-refractivity contribution in [3.05, 3.63) is 69.5 Å². The Balaban J connectivity index is 1.84. The standard InChI is InChI=1S/C16H14Cl2FNO/c17-12-6-4-11(5-7-12)8-9-20-16(21)10-13-14(18)2-1-3-15(13)19/h1-7H,8-10H2,(H,20,21). The smallest absolute Gasteiger partial charge is 0.224 e. The van der Waals surface area contributed by atoms with Gasteiger partial charge in [0.2, 0.25) is 5.91 Å². The number of benzene rings is 2. The number of carbonyl (C=O) groups is 1. The van der Waals surface area contributed by atoms with Gasteiger partial charge < -0.3 is 5.32 Å². The third kappa shape index (κ3) is 4.73. The van der Waals surface area contributed by atoms with E-state index >= 15 is 0 Å². The van der Waals surface area contributed by atoms with Crippen LogP contribution in [0.1, 0.15) is 11.1 Å². The molecule has 2 aromatic carbocycles. The van der Waals surface area contributed by atoms with E-state index in [1.54, 1.807) is 18.2 Å². The predicted octanol–water partition coefficient (Wildman–Crippen LogP) is 4.03. The summed E-state index contributed by atoms with van der Waals surface area (Å²) >= 11 is 11.7. The summed E-state index contributed by atoms with van der Waals surface area (Å²) in [6.45, 7) is 0.479. The molecule has 0 saturated heterocycles. The van der Waals surface area contributed by atoms with Crippen molar-refractivity contribution in [1.29, 1.82) is 0 Å². The molecule has 0 radical (unpaired) electrons. The normalized spacial score (nSPS) is 10.4. The van der Waals surface area contributed by atoms with Crippen LogP contribution < -0.4 is 5.32 Å². The number of carbonyl (C=O) groups excluding carboxylic acids is 1. The van der Waals surface area contributed by atoms with Gasteiger partial charge in [0.15, 0.2) is 0 Å². The van der Waals surface area contributed by atoms with Gasteiger partial charge in [0.05, 0.1) is 6.42 Å². The lowest BCUT2D eigenvalue weighted by molar-refractivity contribution is -0.120. The highest BCUT2D eigenvalue weighted by Gasteiger charge is 2.11. The Morgan fingerprint density at radius 3 is 2.48 bits per heavy atom. The molecule has 1 amide bonds. The van der Waals surface area contributed by atoms with Crippen LogP contribution in [0.5, 0.6) is 0 Å². The SMILES string of the molecule is O=C(Cc1c(F)cccc1Cl)NCCc1ccc(Cl)cc1. The third-order valence-corrected chi connectivity index (χ3v) is 3.65. The molecule has 0 fully saturated rings. The highest BCUT2D eigenvalue weighted by Crippen LogP contribution is 2.19. The number of halogens is 3. The van der Waals surface area contributed by atoms with Gasteiger partial charge in [-0.05, 0) is 36.2 Å². The molecule has 0 atom stereocenters. The molecule has 21 heavy (non-hydrogen) atoms. The van der Waals surface area contributed by atoms with Crippen molar-refractivity contribution in [1.82, 2.24) is 5.32 Å². The van der Waals surface area contributed by atoms with Crippen molar-refractivity contribution >= 4 is 29.1 Å². The fourth-order valence-corrected chi connectivity index (χ4v) is 2.28. The summed E-state index contributed by atoms with van der Waals surface area (Å²) in [6, 6.07) is 11.8. The quantitative estimate of drug-likeness (QED) is 0.883. The van der Waals surface area contributed by atoms with Gasteiger partial charge in [0.1, 0.15) is 5.82 Å². The summed E-state index contributed by atoms with van der Waals surface area (Å²) in [5.41, 5.74) is 1.30. The van der Waals surface area contributed by atoms with Crippen LogP contribution in [0.4, 0.5) is 4.39 Å². The van der Waals surface area contributed by atoms with E-state index in [4.69, 9.17) is 23.2 Å². The van der Waals surface area contributed by atoms with E-state index in [0.717, 1.165) is 5.56 Å². The fourth-order valence-electron chi connectivity index (χ4n) is 1.92. The maximum absolute atomic E-state index is 13.6. The highest BCUT2D eigenvalue weighted by molar-refractivity contribution is 6.31. The van der Waals surface area contributed by atoms with Crippen LogP contribution in [-0.4, -0.2) is 12.5 Å². The molecule has 2 aromatic rings. The van der Waals surface area contributed by atoms with Gasteiger partial charge in [-0.1, -0.05) is 41.4 Å². The summed E-state index contributed by atoms with van der Waals surface area (Å²) in [6.07, 6.45) is 0.625. The summed E-state index contributed by atoms with van der Waals surface area (Å²) in [5.74, 6) is -0.716. The van der Waals surface area contributed by atoms with Crippen molar-refractivity contribution < 1.29 is 9.18 Å². The number of rotatable bonds is 5. The molecular weight excluding hydrogens is 312 g/mol. The van der Waals surface area contributed by atoms with Gasteiger partial charge in [-0.2, -0.15) is 0 Å². The van der Waals surface area contributed by atoms with Gasteiger partial charge >= 0.3 is 0 Å². The summed E-state index contributed by atoms with van der Waals surface area (Å²) in [5, 5.41) is 3.70. The maximum atomic E-state index is 13.6. The zero-order valence-corrected chi connectivity index (χ0v) is 12.7. The molecule has 2 nitrogen and oxygen atoms in total. The number of hydrogen-bond acceptors (Lipinski definition) is 1. The molecule has 5 heteroatoms. The van der Waals surface area contributed by atoms with Crippen molar-refractivity contribution in [2.45, 2.75) is 12.8 Å². The Hall–Kier alpha value is -1.58. The Kier molecular flexibility index (Phi) is 5.59. The van der Waals surface area contributed by atoms with E-state index in [1.165, 1.54) is 12.1 Å². The zero-order valence-electron chi connectivity index (χ0n) is 11.2. The second-order valence-corrected chi connectivity index (χ2v) is 5.45. The van der Waals surface area contributed by atoms with Gasteiger partial charge in [-0.25, -0.2) is 4.39 Å². The van der Waals surface area contributed by atoms with Crippen molar-refractivity contribution in [2.75, 3.05) is 6.54 Å². The minimum atomic E-state index is -0.463. The molecule has 0 bridgehead atoms. The van der Waals surface area contributed by atoms with Crippen LogP contribution in [0, 0.1) is 5.82 Å². The van der Waals surface area contributed by atoms with E-state index in [0.29, 0.717) is 18.0 Å². The zero-order chi connectivity index (χ0) is 15.2. The lowest BCUT2D eigenvalue weighted by Crippen LogP contribution is -2.27. The first-order valence-corrected chi connectivity index (χ1v) is 7.26. The van der Waals surface area contributed by atoms with Crippen molar-refractivity contribution in [3.63, 3.8) is 0 Å². The molecule has 0 aliphatic carbocycles. The first-order valence-electron chi connectivity index (χ1n) is 6.50. The summed E-state index contributed by atoms with van der Waals surface area (Å²) < 4.78 is 13.6. The number of nitrogens with one attached hydrogen (secondary N) is 1. The van der Waals surface area contributed by atoms with Crippen LogP contribution in [0.25, 0.3) is 0 Å². The van der Waals surface area contributed by atoms with Crippen molar-refractivity contribution in [2.24, 2.45) is 0 Å². The third-order valence-electron chi connectivity index (χ3n) is 3.05. The lowest BCUT2D eigenvalue weighted by atomic mass is 10.1. The average molecular weight is 326 g/mol. The maximum Gasteiger partial charge on any atom is 0.224 e. The molecule has 0 heterocycles. The van der Waals surface area contributed by atoms with E-state index in [-0.39, 0.29) is 22.9 Å². The Morgan fingerprint density at radius 2 is 1.81 bits per heavy atom. The molecule has 0 aromatic heterocycles. The van der Waals surface area contributed by atoms with E-state index in [9.17, 15) is 9.18 Å². The molecule has 0 aliphatic heterocycles. The van der Waals surface area contributed by atoms with Crippen LogP contribution >= 0.6 is 23.2 Å².